The van der Waals surface area contributed by atoms with Gasteiger partial charge in [-0.2, -0.15) is 0 Å². The second-order valence-corrected chi connectivity index (χ2v) is 10.3. The zero-order chi connectivity index (χ0) is 26.3. The predicted octanol–water partition coefficient (Wildman–Crippen LogP) is 4.55. The molecule has 0 unspecified atom stereocenters. The van der Waals surface area contributed by atoms with Crippen LogP contribution in [0.25, 0.3) is 11.1 Å². The van der Waals surface area contributed by atoms with Crippen molar-refractivity contribution < 1.29 is 32.6 Å². The molecule has 0 spiro atoms. The zero-order valence-electron chi connectivity index (χ0n) is 20.4. The van der Waals surface area contributed by atoms with Crippen molar-refractivity contribution in [1.29, 1.82) is 0 Å². The van der Waals surface area contributed by atoms with E-state index in [1.165, 1.54) is 24.1 Å². The number of carbonyl (C=O) groups is 2. The van der Waals surface area contributed by atoms with E-state index in [2.05, 4.69) is 0 Å². The number of amides is 1. The SMILES string of the molecule is CCN(Cc1cc(S(C)(=O)=O)ccc1-c1cc(CC(=O)O)ccc1OC)C(=O)OCc1ccccc1. The van der Waals surface area contributed by atoms with Crippen LogP contribution in [-0.4, -0.2) is 50.4 Å². The molecule has 0 aliphatic rings. The zero-order valence-corrected chi connectivity index (χ0v) is 21.2. The summed E-state index contributed by atoms with van der Waals surface area (Å²) in [6.07, 6.45) is 0.398. The first-order chi connectivity index (χ1) is 17.1. The van der Waals surface area contributed by atoms with Gasteiger partial charge in [-0.1, -0.05) is 42.5 Å². The van der Waals surface area contributed by atoms with E-state index in [4.69, 9.17) is 9.47 Å². The number of sulfone groups is 1. The van der Waals surface area contributed by atoms with E-state index >= 15 is 0 Å². The number of ether oxygens (including phenoxy) is 2. The second-order valence-electron chi connectivity index (χ2n) is 8.25. The van der Waals surface area contributed by atoms with E-state index in [0.717, 1.165) is 11.8 Å². The minimum absolute atomic E-state index is 0.0785. The van der Waals surface area contributed by atoms with Crippen molar-refractivity contribution >= 4 is 21.9 Å². The minimum atomic E-state index is -3.52. The summed E-state index contributed by atoms with van der Waals surface area (Å²) in [5, 5.41) is 9.22. The van der Waals surface area contributed by atoms with E-state index in [-0.39, 0.29) is 24.5 Å². The fourth-order valence-corrected chi connectivity index (χ4v) is 4.44. The molecule has 1 N–H and O–H groups in total. The molecule has 0 atom stereocenters. The standard InChI is InChI=1S/C27H29NO7S/c1-4-28(27(31)35-18-19-8-6-5-7-9-19)17-21-16-22(36(3,32)33)11-12-23(21)24-14-20(15-26(29)30)10-13-25(24)34-2/h5-14,16H,4,15,17-18H2,1-3H3,(H,29,30). The van der Waals surface area contributed by atoms with Crippen molar-refractivity contribution in [2.45, 2.75) is 31.4 Å². The Balaban J connectivity index is 2.00. The summed E-state index contributed by atoms with van der Waals surface area (Å²) < 4.78 is 35.6. The number of rotatable bonds is 10. The Kier molecular flexibility index (Phi) is 8.71. The van der Waals surface area contributed by atoms with Crippen molar-refractivity contribution in [2.24, 2.45) is 0 Å². The fourth-order valence-electron chi connectivity index (χ4n) is 3.77. The molecule has 0 bridgehead atoms. The number of hydrogen-bond donors (Lipinski definition) is 1. The van der Waals surface area contributed by atoms with E-state index in [1.54, 1.807) is 31.2 Å². The van der Waals surface area contributed by atoms with Crippen LogP contribution in [0, 0.1) is 0 Å². The van der Waals surface area contributed by atoms with Gasteiger partial charge in [-0.15, -0.1) is 0 Å². The Morgan fingerprint density at radius 1 is 0.944 bits per heavy atom. The van der Waals surface area contributed by atoms with Crippen LogP contribution in [0.4, 0.5) is 4.79 Å². The highest BCUT2D eigenvalue weighted by Gasteiger charge is 2.20. The second kappa shape index (κ2) is 11.7. The molecule has 0 saturated carbocycles. The highest BCUT2D eigenvalue weighted by molar-refractivity contribution is 7.90. The van der Waals surface area contributed by atoms with Gasteiger partial charge in [0.2, 0.25) is 0 Å². The van der Waals surface area contributed by atoms with Gasteiger partial charge in [0.25, 0.3) is 0 Å². The van der Waals surface area contributed by atoms with Gasteiger partial charge in [0.15, 0.2) is 9.84 Å². The molecule has 0 aliphatic heterocycles. The summed E-state index contributed by atoms with van der Waals surface area (Å²) in [4.78, 5) is 25.7. The van der Waals surface area contributed by atoms with Gasteiger partial charge in [0.1, 0.15) is 12.4 Å². The molecule has 0 heterocycles. The average molecular weight is 512 g/mol. The predicted molar refractivity (Wildman–Crippen MR) is 136 cm³/mol. The van der Waals surface area contributed by atoms with Crippen molar-refractivity contribution in [3.05, 3.63) is 83.4 Å². The maximum atomic E-state index is 12.9. The van der Waals surface area contributed by atoms with Crippen LogP contribution < -0.4 is 4.74 Å². The topological polar surface area (TPSA) is 110 Å². The number of benzene rings is 3. The first kappa shape index (κ1) is 26.7. The summed E-state index contributed by atoms with van der Waals surface area (Å²) >= 11 is 0. The van der Waals surface area contributed by atoms with Crippen LogP contribution in [0.1, 0.15) is 23.6 Å². The van der Waals surface area contributed by atoms with Gasteiger partial charge in [-0.05, 0) is 53.4 Å². The summed E-state index contributed by atoms with van der Waals surface area (Å²) in [6.45, 7) is 2.32. The van der Waals surface area contributed by atoms with Crippen LogP contribution in [0.2, 0.25) is 0 Å². The molecule has 8 nitrogen and oxygen atoms in total. The van der Waals surface area contributed by atoms with Crippen molar-refractivity contribution in [3.63, 3.8) is 0 Å². The lowest BCUT2D eigenvalue weighted by molar-refractivity contribution is -0.136. The molecular formula is C27H29NO7S. The van der Waals surface area contributed by atoms with E-state index < -0.39 is 21.9 Å². The maximum Gasteiger partial charge on any atom is 0.410 e. The van der Waals surface area contributed by atoms with Crippen LogP contribution in [0.5, 0.6) is 5.75 Å². The third-order valence-electron chi connectivity index (χ3n) is 5.62. The Bertz CT molecular complexity index is 1340. The van der Waals surface area contributed by atoms with Crippen LogP contribution in [0.15, 0.2) is 71.6 Å². The molecule has 0 radical (unpaired) electrons. The lowest BCUT2D eigenvalue weighted by Gasteiger charge is -2.23. The lowest BCUT2D eigenvalue weighted by atomic mass is 9.96. The number of nitrogens with zero attached hydrogens (tertiary/aromatic N) is 1. The molecule has 0 saturated heterocycles. The molecule has 0 aliphatic carbocycles. The number of hydrogen-bond acceptors (Lipinski definition) is 6. The minimum Gasteiger partial charge on any atom is -0.496 e. The van der Waals surface area contributed by atoms with Crippen molar-refractivity contribution in [1.82, 2.24) is 4.90 Å². The third kappa shape index (κ3) is 6.85. The normalized spacial score (nSPS) is 11.1. The van der Waals surface area contributed by atoms with Crippen molar-refractivity contribution in [3.8, 4) is 16.9 Å². The quantitative estimate of drug-likeness (QED) is 0.425. The molecule has 3 aromatic carbocycles. The molecule has 0 fully saturated rings. The van der Waals surface area contributed by atoms with Gasteiger partial charge in [-0.3, -0.25) is 4.79 Å². The summed E-state index contributed by atoms with van der Waals surface area (Å²) in [7, 11) is -2.02. The molecule has 0 aromatic heterocycles. The van der Waals surface area contributed by atoms with E-state index in [0.29, 0.717) is 34.5 Å². The van der Waals surface area contributed by atoms with Crippen LogP contribution in [0.3, 0.4) is 0 Å². The molecule has 9 heteroatoms. The lowest BCUT2D eigenvalue weighted by Crippen LogP contribution is -2.31. The van der Waals surface area contributed by atoms with Crippen LogP contribution >= 0.6 is 0 Å². The monoisotopic (exact) mass is 511 g/mol. The van der Waals surface area contributed by atoms with E-state index in [1.807, 2.05) is 30.3 Å². The third-order valence-corrected chi connectivity index (χ3v) is 6.73. The first-order valence-corrected chi connectivity index (χ1v) is 13.2. The molecule has 1 amide bonds. The maximum absolute atomic E-state index is 12.9. The highest BCUT2D eigenvalue weighted by Crippen LogP contribution is 2.35. The Morgan fingerprint density at radius 3 is 2.28 bits per heavy atom. The highest BCUT2D eigenvalue weighted by atomic mass is 32.2. The summed E-state index contributed by atoms with van der Waals surface area (Å²) in [6, 6.07) is 19.0. The molecule has 3 aromatic rings. The van der Waals surface area contributed by atoms with Crippen LogP contribution in [-0.2, 0) is 38.9 Å². The first-order valence-electron chi connectivity index (χ1n) is 11.3. The van der Waals surface area contributed by atoms with Crippen molar-refractivity contribution in [2.75, 3.05) is 19.9 Å². The van der Waals surface area contributed by atoms with Gasteiger partial charge < -0.3 is 19.5 Å². The molecule has 3 rings (SSSR count). The number of carbonyl (C=O) groups excluding carboxylic acids is 1. The summed E-state index contributed by atoms with van der Waals surface area (Å²) in [5.41, 5.74) is 3.19. The molecule has 190 valence electrons. The molecular weight excluding hydrogens is 482 g/mol. The Labute approximate surface area is 211 Å². The average Bonchev–Trinajstić information content (AvgIpc) is 2.85. The van der Waals surface area contributed by atoms with Gasteiger partial charge >= 0.3 is 12.1 Å². The number of aliphatic carboxylic acids is 1. The number of methoxy groups -OCH3 is 1. The van der Waals surface area contributed by atoms with Gasteiger partial charge in [0.05, 0.1) is 18.4 Å². The largest absolute Gasteiger partial charge is 0.496 e. The van der Waals surface area contributed by atoms with Gasteiger partial charge in [-0.25, -0.2) is 13.2 Å². The molecule has 36 heavy (non-hydrogen) atoms. The number of carboxylic acids is 1. The smallest absolute Gasteiger partial charge is 0.410 e. The Morgan fingerprint density at radius 2 is 1.67 bits per heavy atom. The van der Waals surface area contributed by atoms with E-state index in [9.17, 15) is 23.1 Å². The summed E-state index contributed by atoms with van der Waals surface area (Å²) in [5.74, 6) is -0.482. The van der Waals surface area contributed by atoms with Gasteiger partial charge in [0, 0.05) is 24.9 Å². The number of carboxylic acid groups (broad SMARTS) is 1. The Hall–Kier alpha value is -3.85. The fraction of sp³-hybridized carbons (Fsp3) is 0.259.